The van der Waals surface area contributed by atoms with Gasteiger partial charge in [-0.2, -0.15) is 18.2 Å². The van der Waals surface area contributed by atoms with Gasteiger partial charge in [0.05, 0.1) is 6.10 Å². The minimum Gasteiger partial charge on any atom is -0.490 e. The molecule has 2 aliphatic rings. The van der Waals surface area contributed by atoms with E-state index in [4.69, 9.17) is 9.15 Å². The molecule has 1 aromatic heterocycles. The summed E-state index contributed by atoms with van der Waals surface area (Å²) in [7, 11) is -0.137. The summed E-state index contributed by atoms with van der Waals surface area (Å²) in [4.78, 5) is 10.7. The standard InChI is InChI=1S/C28H39OP.C9H5O2.Pd/c1-21(2)29-26-19-12-13-22(3)28(26)25-18-10-11-20-27(25)30(23-14-6-4-7-15-23)24-16-8-5-9-17-24;10-9-6-5-7-3-1-2-4-8(7)11-9;/h10-13,18-21,23-24H,4-9,14-17H2,1-3H3;2-6H;/q;-1;+2. The number of hydrogen-bond acceptors (Lipinski definition) is 3. The quantitative estimate of drug-likeness (QED) is 0.0886. The molecule has 2 fully saturated rings. The zero-order valence-electron chi connectivity index (χ0n) is 25.2. The van der Waals surface area contributed by atoms with Gasteiger partial charge in [-0.1, -0.05) is 88.2 Å². The molecule has 0 N–H and O–H groups in total. The van der Waals surface area contributed by atoms with E-state index in [-0.39, 0.29) is 40.1 Å². The average molecular weight is 674 g/mol. The summed E-state index contributed by atoms with van der Waals surface area (Å²) in [6.45, 7) is 6.52. The molecule has 0 amide bonds. The smallest absolute Gasteiger partial charge is 0.490 e. The van der Waals surface area contributed by atoms with Gasteiger partial charge in [0.1, 0.15) is 5.75 Å². The van der Waals surface area contributed by atoms with E-state index in [1.54, 1.807) is 29.6 Å². The van der Waals surface area contributed by atoms with Gasteiger partial charge in [-0.3, -0.25) is 0 Å². The molecule has 224 valence electrons. The van der Waals surface area contributed by atoms with Gasteiger partial charge in [0.25, 0.3) is 0 Å². The van der Waals surface area contributed by atoms with Crippen molar-refractivity contribution in [3.8, 4) is 16.9 Å². The first kappa shape index (κ1) is 32.7. The molecule has 3 nitrogen and oxygen atoms in total. The van der Waals surface area contributed by atoms with Crippen LogP contribution in [-0.2, 0) is 20.4 Å². The monoisotopic (exact) mass is 673 g/mol. The zero-order valence-corrected chi connectivity index (χ0v) is 27.7. The first-order valence-electron chi connectivity index (χ1n) is 15.5. The molecular formula is C37H44O3PPd+. The summed E-state index contributed by atoms with van der Waals surface area (Å²) < 4.78 is 11.2. The van der Waals surface area contributed by atoms with E-state index in [1.165, 1.54) is 87.0 Å². The fourth-order valence-electron chi connectivity index (χ4n) is 6.61. The van der Waals surface area contributed by atoms with Gasteiger partial charge >= 0.3 is 26.0 Å². The maximum absolute atomic E-state index is 10.7. The summed E-state index contributed by atoms with van der Waals surface area (Å²) >= 11 is 0. The maximum Gasteiger partial charge on any atom is 2.00 e. The van der Waals surface area contributed by atoms with E-state index in [1.807, 2.05) is 0 Å². The summed E-state index contributed by atoms with van der Waals surface area (Å²) in [6.07, 6.45) is 14.6. The van der Waals surface area contributed by atoms with Crippen molar-refractivity contribution in [3.05, 3.63) is 94.8 Å². The van der Waals surface area contributed by atoms with Gasteiger partial charge in [0, 0.05) is 17.2 Å². The molecule has 1 heterocycles. The van der Waals surface area contributed by atoms with Crippen LogP contribution in [-0.4, -0.2) is 17.4 Å². The Morgan fingerprint density at radius 1 is 0.833 bits per heavy atom. The van der Waals surface area contributed by atoms with Gasteiger partial charge in [0.15, 0.2) is 0 Å². The van der Waals surface area contributed by atoms with E-state index in [0.717, 1.165) is 22.5 Å². The Bertz CT molecular complexity index is 1450. The maximum atomic E-state index is 10.7. The molecule has 5 heteroatoms. The molecule has 0 spiro atoms. The summed E-state index contributed by atoms with van der Waals surface area (Å²) in [5.74, 6) is 1.06. The first-order chi connectivity index (χ1) is 20.0. The zero-order chi connectivity index (χ0) is 28.6. The molecule has 2 aliphatic carbocycles. The molecular weight excluding hydrogens is 630 g/mol. The largest absolute Gasteiger partial charge is 2.00 e. The number of rotatable bonds is 6. The van der Waals surface area contributed by atoms with Gasteiger partial charge in [-0.25, -0.2) is 4.79 Å². The van der Waals surface area contributed by atoms with Gasteiger partial charge < -0.3 is 9.15 Å². The molecule has 0 aliphatic heterocycles. The van der Waals surface area contributed by atoms with Crippen molar-refractivity contribution >= 4 is 24.2 Å². The molecule has 42 heavy (non-hydrogen) atoms. The molecule has 0 saturated heterocycles. The van der Waals surface area contributed by atoms with Crippen molar-refractivity contribution in [2.24, 2.45) is 0 Å². The fraction of sp³-hybridized carbons (Fsp3) is 0.432. The summed E-state index contributed by atoms with van der Waals surface area (Å²) in [5.41, 5.74) is 6.24. The van der Waals surface area contributed by atoms with Crippen molar-refractivity contribution in [2.75, 3.05) is 0 Å². The normalized spacial score (nSPS) is 16.1. The van der Waals surface area contributed by atoms with Crippen molar-refractivity contribution in [1.29, 1.82) is 0 Å². The molecule has 4 aromatic rings. The molecule has 0 radical (unpaired) electrons. The molecule has 6 rings (SSSR count). The third-order valence-corrected chi connectivity index (χ3v) is 12.0. The average Bonchev–Trinajstić information content (AvgIpc) is 2.99. The minimum atomic E-state index is -0.316. The van der Waals surface area contributed by atoms with Gasteiger partial charge in [0.2, 0.25) is 0 Å². The van der Waals surface area contributed by atoms with Gasteiger partial charge in [-0.15, -0.1) is 12.1 Å². The van der Waals surface area contributed by atoms with E-state index < -0.39 is 0 Å². The number of aryl methyl sites for hydroxylation is 1. The van der Waals surface area contributed by atoms with Crippen LogP contribution in [0.4, 0.5) is 0 Å². The van der Waals surface area contributed by atoms with Crippen LogP contribution >= 0.6 is 7.92 Å². The molecule has 3 aromatic carbocycles. The van der Waals surface area contributed by atoms with Crippen molar-refractivity contribution in [3.63, 3.8) is 0 Å². The van der Waals surface area contributed by atoms with Crippen molar-refractivity contribution in [2.45, 2.75) is 102 Å². The predicted octanol–water partition coefficient (Wildman–Crippen LogP) is 9.81. The topological polar surface area (TPSA) is 39.4 Å². The second-order valence-electron chi connectivity index (χ2n) is 11.8. The van der Waals surface area contributed by atoms with E-state index in [9.17, 15) is 4.79 Å². The van der Waals surface area contributed by atoms with Crippen LogP contribution in [0.5, 0.6) is 5.75 Å². The van der Waals surface area contributed by atoms with Crippen LogP contribution in [0.2, 0.25) is 0 Å². The Balaban J connectivity index is 0.000000282. The van der Waals surface area contributed by atoms with Crippen molar-refractivity contribution in [1.82, 2.24) is 0 Å². The Hall–Kier alpha value is -2.24. The molecule has 2 saturated carbocycles. The van der Waals surface area contributed by atoms with E-state index >= 15 is 0 Å². The third-order valence-electron chi connectivity index (χ3n) is 8.45. The molecule has 0 bridgehead atoms. The number of benzene rings is 3. The summed E-state index contributed by atoms with van der Waals surface area (Å²) in [6, 6.07) is 27.2. The van der Waals surface area contributed by atoms with Crippen LogP contribution in [0.15, 0.2) is 82.0 Å². The second-order valence-corrected chi connectivity index (χ2v) is 14.6. The minimum absolute atomic E-state index is 0. The van der Waals surface area contributed by atoms with Crippen LogP contribution in [0.1, 0.15) is 83.6 Å². The Kier molecular flexibility index (Phi) is 12.5. The van der Waals surface area contributed by atoms with E-state index in [2.05, 4.69) is 69.3 Å². The van der Waals surface area contributed by atoms with Crippen LogP contribution in [0, 0.1) is 13.0 Å². The van der Waals surface area contributed by atoms with Gasteiger partial charge in [-0.05, 0) is 80.3 Å². The number of fused-ring (bicyclic) bond motifs is 1. The Morgan fingerprint density at radius 3 is 2.17 bits per heavy atom. The first-order valence-corrected chi connectivity index (χ1v) is 17.0. The Morgan fingerprint density at radius 2 is 1.50 bits per heavy atom. The number of hydrogen-bond donors (Lipinski definition) is 0. The SMILES string of the molecule is Cc1cccc(OC(C)C)c1-c1ccccc1P(C1CCCCC1)C1CCCCC1.O=c1ccc2c[c-]ccc2o1.[Pd+2]. The number of ether oxygens (including phenoxy) is 1. The van der Waals surface area contributed by atoms with Crippen LogP contribution in [0.25, 0.3) is 22.1 Å². The molecule has 0 atom stereocenters. The van der Waals surface area contributed by atoms with Crippen molar-refractivity contribution < 1.29 is 29.6 Å². The third kappa shape index (κ3) is 8.23. The van der Waals surface area contributed by atoms with Crippen LogP contribution < -0.4 is 15.7 Å². The second kappa shape index (κ2) is 16.0. The summed E-state index contributed by atoms with van der Waals surface area (Å²) in [5, 5.41) is 2.56. The molecule has 0 unspecified atom stereocenters. The van der Waals surface area contributed by atoms with E-state index in [0.29, 0.717) is 5.58 Å². The predicted molar refractivity (Wildman–Crippen MR) is 174 cm³/mol. The fourth-order valence-corrected chi connectivity index (χ4v) is 10.6. The van der Waals surface area contributed by atoms with Crippen LogP contribution in [0.3, 0.4) is 0 Å². The Labute approximate surface area is 266 Å².